The van der Waals surface area contributed by atoms with Crippen molar-refractivity contribution in [1.29, 1.82) is 0 Å². The Morgan fingerprint density at radius 2 is 1.82 bits per heavy atom. The van der Waals surface area contributed by atoms with Crippen molar-refractivity contribution < 1.29 is 24.0 Å². The van der Waals surface area contributed by atoms with Crippen LogP contribution in [0.15, 0.2) is 106 Å². The van der Waals surface area contributed by atoms with E-state index in [4.69, 9.17) is 15.3 Å². The van der Waals surface area contributed by atoms with Crippen molar-refractivity contribution in [2.24, 2.45) is 5.16 Å². The number of oxime groups is 1. The third kappa shape index (κ3) is 7.85. The summed E-state index contributed by atoms with van der Waals surface area (Å²) in [6.07, 6.45) is 7.86. The summed E-state index contributed by atoms with van der Waals surface area (Å²) < 4.78 is 10.5. The van der Waals surface area contributed by atoms with Crippen molar-refractivity contribution in [3.8, 4) is 0 Å². The van der Waals surface area contributed by atoms with Gasteiger partial charge in [0.2, 0.25) is 0 Å². The Kier molecular flexibility index (Phi) is 10.8. The van der Waals surface area contributed by atoms with Gasteiger partial charge in [-0.05, 0) is 53.5 Å². The number of nitrogens with one attached hydrogen (secondary N) is 1. The Balaban J connectivity index is 1.07. The number of hydrogen-bond acceptors (Lipinski definition) is 13. The van der Waals surface area contributed by atoms with Gasteiger partial charge in [-0.25, -0.2) is 9.78 Å². The Morgan fingerprint density at radius 1 is 1.06 bits per heavy atom. The number of anilines is 1. The Labute approximate surface area is 306 Å². The molecule has 1 saturated carbocycles. The number of benzene rings is 2. The summed E-state index contributed by atoms with van der Waals surface area (Å²) in [5.74, 6) is -0.648. The number of esters is 1. The molecular formula is C36H33N7O5S3. The second-order valence-electron chi connectivity index (χ2n) is 11.9. The summed E-state index contributed by atoms with van der Waals surface area (Å²) in [6, 6.07) is 21.8. The van der Waals surface area contributed by atoms with Gasteiger partial charge in [0, 0.05) is 34.6 Å². The van der Waals surface area contributed by atoms with Crippen molar-refractivity contribution in [2.45, 2.75) is 48.8 Å². The van der Waals surface area contributed by atoms with Crippen molar-refractivity contribution in [2.75, 3.05) is 11.5 Å². The van der Waals surface area contributed by atoms with Gasteiger partial charge in [0.15, 0.2) is 17.1 Å². The van der Waals surface area contributed by atoms with Crippen LogP contribution in [0.1, 0.15) is 53.8 Å². The number of carbonyl (C=O) groups excluding carboxylic acids is 3. The maximum atomic E-state index is 14.2. The molecule has 0 bridgehead atoms. The Morgan fingerprint density at radius 3 is 2.51 bits per heavy atom. The molecule has 2 amide bonds. The molecule has 12 nitrogen and oxygen atoms in total. The number of nitrogens with two attached hydrogens (primary N) is 1. The Hall–Kier alpha value is -4.99. The van der Waals surface area contributed by atoms with Crippen LogP contribution in [0.4, 0.5) is 5.13 Å². The van der Waals surface area contributed by atoms with Gasteiger partial charge >= 0.3 is 5.97 Å². The van der Waals surface area contributed by atoms with Crippen molar-refractivity contribution >= 4 is 70.3 Å². The van der Waals surface area contributed by atoms with E-state index < -0.39 is 35.3 Å². The first-order valence-corrected chi connectivity index (χ1v) is 19.0. The van der Waals surface area contributed by atoms with Crippen LogP contribution in [0, 0.1) is 0 Å². The second kappa shape index (κ2) is 15.9. The van der Waals surface area contributed by atoms with Crippen LogP contribution in [0.2, 0.25) is 0 Å². The minimum absolute atomic E-state index is 0.0567. The van der Waals surface area contributed by atoms with E-state index in [9.17, 15) is 14.4 Å². The number of carbonyl (C=O) groups is 3. The number of aromatic nitrogens is 3. The van der Waals surface area contributed by atoms with Gasteiger partial charge in [0.1, 0.15) is 29.4 Å². The van der Waals surface area contributed by atoms with E-state index in [0.717, 1.165) is 53.7 Å². The first-order chi connectivity index (χ1) is 25.0. The van der Waals surface area contributed by atoms with Gasteiger partial charge < -0.3 is 20.6 Å². The van der Waals surface area contributed by atoms with Gasteiger partial charge in [-0.2, -0.15) is 4.37 Å². The molecule has 4 unspecified atom stereocenters. The molecule has 1 aliphatic carbocycles. The molecule has 4 heterocycles. The third-order valence-corrected chi connectivity index (χ3v) is 11.5. The van der Waals surface area contributed by atoms with Crippen LogP contribution in [-0.4, -0.2) is 66.5 Å². The molecule has 51 heavy (non-hydrogen) atoms. The fourth-order valence-electron chi connectivity index (χ4n) is 6.18. The van der Waals surface area contributed by atoms with Crippen molar-refractivity contribution in [1.82, 2.24) is 24.6 Å². The zero-order valence-electron chi connectivity index (χ0n) is 27.1. The molecule has 2 aromatic heterocycles. The zero-order chi connectivity index (χ0) is 35.2. The van der Waals surface area contributed by atoms with Gasteiger partial charge in [0.25, 0.3) is 11.8 Å². The van der Waals surface area contributed by atoms with Crippen LogP contribution < -0.4 is 11.1 Å². The van der Waals surface area contributed by atoms with Gasteiger partial charge in [-0.3, -0.25) is 19.5 Å². The van der Waals surface area contributed by atoms with E-state index in [1.807, 2.05) is 84.3 Å². The molecule has 4 aromatic rings. The first-order valence-electron chi connectivity index (χ1n) is 16.3. The lowest BCUT2D eigenvalue weighted by molar-refractivity contribution is -0.154. The van der Waals surface area contributed by atoms with Crippen LogP contribution in [0.5, 0.6) is 0 Å². The summed E-state index contributed by atoms with van der Waals surface area (Å²) in [7, 11) is 0. The van der Waals surface area contributed by atoms with Gasteiger partial charge in [-0.1, -0.05) is 83.6 Å². The first kappa shape index (κ1) is 34.5. The van der Waals surface area contributed by atoms with Gasteiger partial charge in [-0.15, -0.1) is 11.8 Å². The number of nitrogen functional groups attached to an aromatic ring is 1. The lowest BCUT2D eigenvalue weighted by Crippen LogP contribution is -2.70. The standard InChI is InChI=1S/C36H33N7O5S3/c37-36-41-32(42-51-36)25-14-7-15-26(25)48-39-20-28(44)40-29-33(45)43-30(27(21-50-34(29)43)49-18-16-22-9-8-17-38-19-22)35(46)47-31(23-10-3-1-4-11-23)24-12-5-2-6-13-24/h1-6,8-13,16-20,25-26,29,31,34H,7,14-15,21H2,(H,40,44)(H2,37,41,42)/b18-16-,39-20+. The normalized spacial score (nSPS) is 21.6. The molecule has 1 saturated heterocycles. The maximum absolute atomic E-state index is 14.2. The van der Waals surface area contributed by atoms with Gasteiger partial charge in [0.05, 0.1) is 5.92 Å². The van der Waals surface area contributed by atoms with E-state index >= 15 is 0 Å². The van der Waals surface area contributed by atoms with E-state index in [0.29, 0.717) is 21.6 Å². The molecule has 2 aromatic carbocycles. The molecule has 260 valence electrons. The van der Waals surface area contributed by atoms with Crippen molar-refractivity contribution in [3.05, 3.63) is 124 Å². The SMILES string of the molecule is Nc1nc(C2CCCC2O/N=C/C(=O)NC2C(=O)N3C(C(=O)OC(c4ccccc4)c4ccccc4)=C(S/C=C\c4cccnc4)CSC23)ns1. The molecule has 4 atom stereocenters. The highest BCUT2D eigenvalue weighted by atomic mass is 32.2. The molecule has 15 heteroatoms. The largest absolute Gasteiger partial charge is 0.448 e. The van der Waals surface area contributed by atoms with E-state index in [1.165, 1.54) is 28.4 Å². The number of ether oxygens (including phenoxy) is 1. The predicted octanol–water partition coefficient (Wildman–Crippen LogP) is 5.50. The molecule has 2 fully saturated rings. The predicted molar refractivity (Wildman–Crippen MR) is 198 cm³/mol. The fourth-order valence-corrected chi connectivity index (χ4v) is 9.03. The number of nitrogens with zero attached hydrogens (tertiary/aromatic N) is 5. The summed E-state index contributed by atoms with van der Waals surface area (Å²) in [6.45, 7) is 0. The average molecular weight is 740 g/mol. The monoisotopic (exact) mass is 739 g/mol. The van der Waals surface area contributed by atoms with Crippen LogP contribution in [-0.2, 0) is 24.0 Å². The summed E-state index contributed by atoms with van der Waals surface area (Å²) >= 11 is 3.93. The average Bonchev–Trinajstić information content (AvgIpc) is 3.82. The number of amides is 2. The quantitative estimate of drug-likeness (QED) is 0.0817. The number of pyridine rings is 1. The lowest BCUT2D eigenvalue weighted by Gasteiger charge is -2.49. The van der Waals surface area contributed by atoms with E-state index in [1.54, 1.807) is 12.4 Å². The highest BCUT2D eigenvalue weighted by molar-refractivity contribution is 8.08. The second-order valence-corrected chi connectivity index (χ2v) is 14.8. The smallest absolute Gasteiger partial charge is 0.356 e. The highest BCUT2D eigenvalue weighted by Gasteiger charge is 2.54. The minimum Gasteiger partial charge on any atom is -0.448 e. The highest BCUT2D eigenvalue weighted by Crippen LogP contribution is 2.45. The fraction of sp³-hybridized carbons (Fsp3) is 0.250. The minimum atomic E-state index is -0.866. The number of fused-ring (bicyclic) bond motifs is 1. The molecule has 2 aliphatic heterocycles. The summed E-state index contributed by atoms with van der Waals surface area (Å²) in [5, 5.41) is 8.41. The molecule has 7 rings (SSSR count). The van der Waals surface area contributed by atoms with Crippen molar-refractivity contribution in [3.63, 3.8) is 0 Å². The summed E-state index contributed by atoms with van der Waals surface area (Å²) in [5.41, 5.74) is 8.40. The van der Waals surface area contributed by atoms with Crippen LogP contribution in [0.25, 0.3) is 6.08 Å². The molecular weight excluding hydrogens is 707 g/mol. The number of rotatable bonds is 12. The molecule has 0 radical (unpaired) electrons. The number of hydrogen-bond donors (Lipinski definition) is 2. The lowest BCUT2D eigenvalue weighted by atomic mass is 10.0. The zero-order valence-corrected chi connectivity index (χ0v) is 29.6. The van der Waals surface area contributed by atoms with Crippen LogP contribution >= 0.6 is 35.1 Å². The molecule has 0 spiro atoms. The molecule has 3 N–H and O–H groups in total. The number of β-lactam (4-membered cyclic amide) rings is 1. The Bertz CT molecular complexity index is 1920. The number of thioether (sulfide) groups is 2. The maximum Gasteiger partial charge on any atom is 0.356 e. The third-order valence-electron chi connectivity index (χ3n) is 8.62. The van der Waals surface area contributed by atoms with E-state index in [-0.39, 0.29) is 17.7 Å². The van der Waals surface area contributed by atoms with Crippen LogP contribution in [0.3, 0.4) is 0 Å². The summed E-state index contributed by atoms with van der Waals surface area (Å²) in [4.78, 5) is 57.0. The topological polar surface area (TPSA) is 162 Å². The molecule has 3 aliphatic rings. The van der Waals surface area contributed by atoms with E-state index in [2.05, 4.69) is 24.8 Å².